The molecule has 1 heterocycles. The van der Waals surface area contributed by atoms with Crippen molar-refractivity contribution >= 4 is 5.97 Å². The molecule has 5 heteroatoms. The van der Waals surface area contributed by atoms with E-state index in [1.807, 2.05) is 31.2 Å². The third kappa shape index (κ3) is 14.4. The van der Waals surface area contributed by atoms with Gasteiger partial charge >= 0.3 is 5.97 Å². The molecule has 0 aromatic heterocycles. The number of ether oxygens (including phenoxy) is 1. The first-order valence-corrected chi connectivity index (χ1v) is 10.2. The summed E-state index contributed by atoms with van der Waals surface area (Å²) < 4.78 is 5.32. The zero-order valence-electron chi connectivity index (χ0n) is 17.1. The molecule has 0 bridgehead atoms. The van der Waals surface area contributed by atoms with Crippen molar-refractivity contribution in [3.05, 3.63) is 72.9 Å². The Morgan fingerprint density at radius 2 is 1.69 bits per heavy atom. The summed E-state index contributed by atoms with van der Waals surface area (Å²) in [5.41, 5.74) is 0. The van der Waals surface area contributed by atoms with Crippen LogP contribution in [0.5, 0.6) is 0 Å². The summed E-state index contributed by atoms with van der Waals surface area (Å²) in [4.78, 5) is 11.7. The molecule has 0 aromatic carbocycles. The van der Waals surface area contributed by atoms with Gasteiger partial charge in [0.2, 0.25) is 0 Å². The van der Waals surface area contributed by atoms with E-state index in [0.29, 0.717) is 12.8 Å². The van der Waals surface area contributed by atoms with E-state index < -0.39 is 18.3 Å². The average molecular weight is 403 g/mol. The maximum Gasteiger partial charge on any atom is 0.331 e. The molecule has 0 fully saturated rings. The average Bonchev–Trinajstić information content (AvgIpc) is 2.65. The Bertz CT molecular complexity index is 627. The minimum Gasteiger partial charge on any atom is -0.460 e. The summed E-state index contributed by atoms with van der Waals surface area (Å²) in [7, 11) is 0. The molecular formula is C24H34O5. The molecule has 1 aliphatic heterocycles. The van der Waals surface area contributed by atoms with E-state index in [1.165, 1.54) is 6.08 Å². The number of aliphatic hydroxyl groups is 3. The molecular weight excluding hydrogens is 368 g/mol. The van der Waals surface area contributed by atoms with Crippen molar-refractivity contribution in [3.8, 4) is 0 Å². The third-order valence-corrected chi connectivity index (χ3v) is 4.22. The standard InChI is InChI=1S/C24H34O5/c1-20-13-8-4-2-6-10-15-22(26)19-23(27)17-12-16-21(25)14-9-5-3-7-11-18-24(28)29-20/h2-3,6-7,9-12,14-16,18,20-23,25-27H,4-5,8,13,17,19H2,1H3/b6-2+,7-3+,14-9+,15-10+,16-12-,18-11+/t20-,21+,22-,23-/m0/s1. The van der Waals surface area contributed by atoms with Crippen LogP contribution in [-0.2, 0) is 9.53 Å². The molecule has 4 atom stereocenters. The Hall–Kier alpha value is -2.21. The zero-order valence-corrected chi connectivity index (χ0v) is 17.1. The monoisotopic (exact) mass is 402 g/mol. The Morgan fingerprint density at radius 3 is 2.52 bits per heavy atom. The Kier molecular flexibility index (Phi) is 13.4. The third-order valence-electron chi connectivity index (χ3n) is 4.22. The number of allylic oxidation sites excluding steroid dienone is 7. The highest BCUT2D eigenvalue weighted by molar-refractivity contribution is 5.82. The lowest BCUT2D eigenvalue weighted by molar-refractivity contribution is -0.142. The normalized spacial score (nSPS) is 35.4. The molecule has 0 unspecified atom stereocenters. The van der Waals surface area contributed by atoms with E-state index in [9.17, 15) is 20.1 Å². The van der Waals surface area contributed by atoms with Crippen LogP contribution in [0.1, 0.15) is 45.4 Å². The van der Waals surface area contributed by atoms with Gasteiger partial charge in [-0.25, -0.2) is 4.79 Å². The lowest BCUT2D eigenvalue weighted by Crippen LogP contribution is -2.15. The fraction of sp³-hybridized carbons (Fsp3) is 0.458. The molecule has 0 spiro atoms. The Morgan fingerprint density at radius 1 is 0.931 bits per heavy atom. The molecule has 3 N–H and O–H groups in total. The minimum absolute atomic E-state index is 0.147. The lowest BCUT2D eigenvalue weighted by Gasteiger charge is -2.11. The summed E-state index contributed by atoms with van der Waals surface area (Å²) in [6.07, 6.45) is 22.2. The van der Waals surface area contributed by atoms with Gasteiger partial charge in [0, 0.05) is 12.5 Å². The fourth-order valence-electron chi connectivity index (χ4n) is 2.67. The van der Waals surface area contributed by atoms with Crippen LogP contribution in [0.2, 0.25) is 0 Å². The predicted molar refractivity (Wildman–Crippen MR) is 116 cm³/mol. The van der Waals surface area contributed by atoms with Gasteiger partial charge in [-0.05, 0) is 39.0 Å². The van der Waals surface area contributed by atoms with Crippen molar-refractivity contribution in [2.75, 3.05) is 0 Å². The molecule has 160 valence electrons. The summed E-state index contributed by atoms with van der Waals surface area (Å²) in [5.74, 6) is -0.359. The van der Waals surface area contributed by atoms with E-state index in [-0.39, 0.29) is 18.5 Å². The second-order valence-corrected chi connectivity index (χ2v) is 7.05. The molecule has 0 amide bonds. The number of hydrogen-bond donors (Lipinski definition) is 3. The van der Waals surface area contributed by atoms with Crippen molar-refractivity contribution in [1.29, 1.82) is 0 Å². The highest BCUT2D eigenvalue weighted by atomic mass is 16.5. The summed E-state index contributed by atoms with van der Waals surface area (Å²) in [6, 6.07) is 0. The van der Waals surface area contributed by atoms with Crippen LogP contribution in [0.3, 0.4) is 0 Å². The van der Waals surface area contributed by atoms with E-state index in [2.05, 4.69) is 0 Å². The first kappa shape index (κ1) is 24.8. The van der Waals surface area contributed by atoms with Gasteiger partial charge in [0.15, 0.2) is 0 Å². The number of rotatable bonds is 0. The Balaban J connectivity index is 2.66. The van der Waals surface area contributed by atoms with E-state index >= 15 is 0 Å². The van der Waals surface area contributed by atoms with Crippen molar-refractivity contribution in [1.82, 2.24) is 0 Å². The van der Waals surface area contributed by atoms with Crippen LogP contribution >= 0.6 is 0 Å². The van der Waals surface area contributed by atoms with Gasteiger partial charge < -0.3 is 20.1 Å². The number of esters is 1. The van der Waals surface area contributed by atoms with E-state index in [0.717, 1.165) is 19.3 Å². The number of aliphatic hydroxyl groups excluding tert-OH is 3. The minimum atomic E-state index is -0.733. The van der Waals surface area contributed by atoms with Crippen LogP contribution in [0.4, 0.5) is 0 Å². The summed E-state index contributed by atoms with van der Waals surface area (Å²) in [5, 5.41) is 29.8. The maximum atomic E-state index is 11.7. The second-order valence-electron chi connectivity index (χ2n) is 7.05. The van der Waals surface area contributed by atoms with Crippen molar-refractivity contribution in [3.63, 3.8) is 0 Å². The predicted octanol–water partition coefficient (Wildman–Crippen LogP) is 3.69. The molecule has 1 rings (SSSR count). The van der Waals surface area contributed by atoms with Crippen molar-refractivity contribution in [2.45, 2.75) is 69.9 Å². The summed E-state index contributed by atoms with van der Waals surface area (Å²) in [6.45, 7) is 1.88. The highest BCUT2D eigenvalue weighted by Gasteiger charge is 2.08. The van der Waals surface area contributed by atoms with E-state index in [4.69, 9.17) is 4.74 Å². The molecule has 5 nitrogen and oxygen atoms in total. The van der Waals surface area contributed by atoms with Gasteiger partial charge in [-0.15, -0.1) is 0 Å². The van der Waals surface area contributed by atoms with Crippen LogP contribution in [0, 0.1) is 0 Å². The fourth-order valence-corrected chi connectivity index (χ4v) is 2.67. The van der Waals surface area contributed by atoms with Gasteiger partial charge in [-0.1, -0.05) is 66.8 Å². The van der Waals surface area contributed by atoms with E-state index in [1.54, 1.807) is 42.5 Å². The molecule has 0 saturated carbocycles. The molecule has 1 aliphatic rings. The van der Waals surface area contributed by atoms with Gasteiger partial charge in [0.25, 0.3) is 0 Å². The van der Waals surface area contributed by atoms with Crippen molar-refractivity contribution < 1.29 is 24.9 Å². The van der Waals surface area contributed by atoms with Crippen LogP contribution in [0.25, 0.3) is 0 Å². The quantitative estimate of drug-likeness (QED) is 0.425. The molecule has 29 heavy (non-hydrogen) atoms. The van der Waals surface area contributed by atoms with Gasteiger partial charge in [0.1, 0.15) is 0 Å². The maximum absolute atomic E-state index is 11.7. The first-order valence-electron chi connectivity index (χ1n) is 10.2. The molecule has 0 aliphatic carbocycles. The Labute approximate surface area is 174 Å². The molecule has 0 saturated heterocycles. The number of carbonyl (C=O) groups excluding carboxylic acids is 1. The van der Waals surface area contributed by atoms with Crippen LogP contribution in [-0.4, -0.2) is 45.7 Å². The molecule has 0 radical (unpaired) electrons. The number of carbonyl (C=O) groups is 1. The largest absolute Gasteiger partial charge is 0.460 e. The first-order chi connectivity index (χ1) is 14.0. The van der Waals surface area contributed by atoms with Crippen LogP contribution in [0.15, 0.2) is 72.9 Å². The van der Waals surface area contributed by atoms with Gasteiger partial charge in [0.05, 0.1) is 24.4 Å². The van der Waals surface area contributed by atoms with Crippen LogP contribution < -0.4 is 0 Å². The topological polar surface area (TPSA) is 87.0 Å². The lowest BCUT2D eigenvalue weighted by atomic mass is 10.1. The van der Waals surface area contributed by atoms with Gasteiger partial charge in [-0.3, -0.25) is 0 Å². The number of cyclic esters (lactones) is 1. The van der Waals surface area contributed by atoms with Crippen molar-refractivity contribution in [2.24, 2.45) is 0 Å². The van der Waals surface area contributed by atoms with Gasteiger partial charge in [-0.2, -0.15) is 0 Å². The SMILES string of the molecule is C[C@H]1CCC/C=C/C=C/[C@H](O)C[C@@H](O)C/C=C\[C@H](O)/C=C/C/C=C/C=C/C(=O)O1. The smallest absolute Gasteiger partial charge is 0.331 e. The second kappa shape index (κ2) is 15.7. The number of hydrogen-bond acceptors (Lipinski definition) is 5. The summed E-state index contributed by atoms with van der Waals surface area (Å²) >= 11 is 0. The highest BCUT2D eigenvalue weighted by Crippen LogP contribution is 2.08. The zero-order chi connectivity index (χ0) is 21.3. The molecule has 0 aromatic rings.